The Balaban J connectivity index is 1.51. The monoisotopic (exact) mass is 372 g/mol. The fourth-order valence-electron chi connectivity index (χ4n) is 2.51. The molecule has 1 aromatic heterocycles. The van der Waals surface area contributed by atoms with Gasteiger partial charge in [-0.3, -0.25) is 29.6 Å². The van der Waals surface area contributed by atoms with Gasteiger partial charge in [-0.2, -0.15) is 0 Å². The molecule has 1 aliphatic heterocycles. The van der Waals surface area contributed by atoms with Crippen molar-refractivity contribution in [3.63, 3.8) is 0 Å². The number of hydrazine groups is 1. The Kier molecular flexibility index (Phi) is 5.43. The summed E-state index contributed by atoms with van der Waals surface area (Å²) in [4.78, 5) is 48.6. The summed E-state index contributed by atoms with van der Waals surface area (Å²) in [6.07, 6.45) is -0.0684. The standard InChI is InChI=1S/C18H16N2O5S/c21-14(15-7-4-8-26-15)11-25-18(24)13-9-16(22)20(10-13)19-17(23)12-5-2-1-3-6-12/h1-8,13H,9-11H2,(H,19,23)/t13-/m0/s1. The number of amides is 2. The van der Waals surface area contributed by atoms with Crippen LogP contribution >= 0.6 is 11.3 Å². The zero-order chi connectivity index (χ0) is 18.5. The average Bonchev–Trinajstić information content (AvgIpc) is 3.31. The van der Waals surface area contributed by atoms with E-state index in [1.807, 2.05) is 0 Å². The van der Waals surface area contributed by atoms with Crippen LogP contribution in [-0.2, 0) is 14.3 Å². The summed E-state index contributed by atoms with van der Waals surface area (Å²) in [5.41, 5.74) is 2.90. The number of carbonyl (C=O) groups is 4. The molecule has 1 atom stereocenters. The van der Waals surface area contributed by atoms with E-state index in [9.17, 15) is 19.2 Å². The fourth-order valence-corrected chi connectivity index (χ4v) is 3.16. The van der Waals surface area contributed by atoms with Crippen LogP contribution in [-0.4, -0.2) is 41.7 Å². The second-order valence-corrected chi connectivity index (χ2v) is 6.67. The second kappa shape index (κ2) is 7.92. The molecule has 2 heterocycles. The van der Waals surface area contributed by atoms with Crippen molar-refractivity contribution in [2.75, 3.05) is 13.2 Å². The summed E-state index contributed by atoms with van der Waals surface area (Å²) < 4.78 is 5.02. The molecule has 1 N–H and O–H groups in total. The molecular formula is C18H16N2O5S. The van der Waals surface area contributed by atoms with Crippen LogP contribution in [0.5, 0.6) is 0 Å². The molecule has 0 radical (unpaired) electrons. The van der Waals surface area contributed by atoms with Gasteiger partial charge in [-0.15, -0.1) is 11.3 Å². The zero-order valence-corrected chi connectivity index (χ0v) is 14.5. The smallest absolute Gasteiger partial charge is 0.311 e. The van der Waals surface area contributed by atoms with E-state index in [0.29, 0.717) is 10.4 Å². The summed E-state index contributed by atoms with van der Waals surface area (Å²) in [5, 5.41) is 2.88. The SMILES string of the molecule is O=C(NN1C[C@@H](C(=O)OCC(=O)c2cccs2)CC1=O)c1ccccc1. The molecule has 3 rings (SSSR count). The number of Topliss-reactive ketones (excluding diaryl/α,β-unsaturated/α-hetero) is 1. The van der Waals surface area contributed by atoms with Gasteiger partial charge in [0.2, 0.25) is 11.7 Å². The highest BCUT2D eigenvalue weighted by Crippen LogP contribution is 2.18. The summed E-state index contributed by atoms with van der Waals surface area (Å²) >= 11 is 1.27. The number of hydrogen-bond donors (Lipinski definition) is 1. The molecule has 1 saturated heterocycles. The van der Waals surface area contributed by atoms with Crippen molar-refractivity contribution in [2.45, 2.75) is 6.42 Å². The Bertz CT molecular complexity index is 819. The van der Waals surface area contributed by atoms with E-state index in [1.165, 1.54) is 11.3 Å². The molecule has 1 aliphatic rings. The maximum atomic E-state index is 12.1. The Morgan fingerprint density at radius 1 is 1.15 bits per heavy atom. The van der Waals surface area contributed by atoms with E-state index < -0.39 is 17.8 Å². The van der Waals surface area contributed by atoms with Crippen LogP contribution in [0.25, 0.3) is 0 Å². The Morgan fingerprint density at radius 3 is 2.62 bits per heavy atom. The average molecular weight is 372 g/mol. The highest BCUT2D eigenvalue weighted by Gasteiger charge is 2.36. The van der Waals surface area contributed by atoms with Gasteiger partial charge in [-0.1, -0.05) is 24.3 Å². The molecule has 2 amide bonds. The van der Waals surface area contributed by atoms with Crippen molar-refractivity contribution in [2.24, 2.45) is 5.92 Å². The van der Waals surface area contributed by atoms with Gasteiger partial charge in [-0.05, 0) is 23.6 Å². The lowest BCUT2D eigenvalue weighted by Crippen LogP contribution is -2.43. The second-order valence-electron chi connectivity index (χ2n) is 5.72. The van der Waals surface area contributed by atoms with Gasteiger partial charge in [0.05, 0.1) is 17.3 Å². The van der Waals surface area contributed by atoms with Crippen molar-refractivity contribution in [1.29, 1.82) is 0 Å². The lowest BCUT2D eigenvalue weighted by Gasteiger charge is -2.17. The normalized spacial score (nSPS) is 16.4. The predicted octanol–water partition coefficient (Wildman–Crippen LogP) is 1.67. The highest BCUT2D eigenvalue weighted by atomic mass is 32.1. The fraction of sp³-hybridized carbons (Fsp3) is 0.222. The van der Waals surface area contributed by atoms with E-state index in [0.717, 1.165) is 5.01 Å². The van der Waals surface area contributed by atoms with Crippen LogP contribution < -0.4 is 5.43 Å². The van der Waals surface area contributed by atoms with Gasteiger partial charge in [0.1, 0.15) is 0 Å². The van der Waals surface area contributed by atoms with Gasteiger partial charge in [-0.25, -0.2) is 0 Å². The van der Waals surface area contributed by atoms with Crippen LogP contribution in [0.15, 0.2) is 47.8 Å². The van der Waals surface area contributed by atoms with Crippen molar-refractivity contribution >= 4 is 34.9 Å². The summed E-state index contributed by atoms with van der Waals surface area (Å²) in [6.45, 7) is -0.343. The van der Waals surface area contributed by atoms with Crippen LogP contribution in [0.4, 0.5) is 0 Å². The maximum absolute atomic E-state index is 12.1. The van der Waals surface area contributed by atoms with E-state index in [1.54, 1.807) is 47.8 Å². The molecule has 0 aliphatic carbocycles. The maximum Gasteiger partial charge on any atom is 0.311 e. The molecule has 1 fully saturated rings. The number of ketones is 1. The minimum Gasteiger partial charge on any atom is -0.457 e. The van der Waals surface area contributed by atoms with Crippen LogP contribution in [0, 0.1) is 5.92 Å². The minimum absolute atomic E-state index is 0.0173. The number of nitrogens with zero attached hydrogens (tertiary/aromatic N) is 1. The van der Waals surface area contributed by atoms with E-state index >= 15 is 0 Å². The molecule has 0 bridgehead atoms. The van der Waals surface area contributed by atoms with Gasteiger partial charge in [0.15, 0.2) is 6.61 Å². The molecule has 26 heavy (non-hydrogen) atoms. The third kappa shape index (κ3) is 4.15. The first kappa shape index (κ1) is 17.8. The Morgan fingerprint density at radius 2 is 1.92 bits per heavy atom. The molecule has 134 valence electrons. The summed E-state index contributed by atoms with van der Waals surface area (Å²) in [6, 6.07) is 11.8. The van der Waals surface area contributed by atoms with Gasteiger partial charge in [0, 0.05) is 12.0 Å². The molecule has 8 heteroatoms. The largest absolute Gasteiger partial charge is 0.457 e. The van der Waals surface area contributed by atoms with Gasteiger partial charge >= 0.3 is 5.97 Å². The first-order valence-electron chi connectivity index (χ1n) is 7.94. The number of esters is 1. The number of ether oxygens (including phenoxy) is 1. The van der Waals surface area contributed by atoms with Gasteiger partial charge < -0.3 is 4.74 Å². The van der Waals surface area contributed by atoms with Crippen LogP contribution in [0.2, 0.25) is 0 Å². The topological polar surface area (TPSA) is 92.8 Å². The number of carbonyl (C=O) groups excluding carboxylic acids is 4. The predicted molar refractivity (Wildman–Crippen MR) is 93.3 cm³/mol. The number of benzene rings is 1. The molecule has 7 nitrogen and oxygen atoms in total. The van der Waals surface area contributed by atoms with E-state index in [-0.39, 0.29) is 31.3 Å². The molecule has 0 spiro atoms. The van der Waals surface area contributed by atoms with Gasteiger partial charge in [0.25, 0.3) is 5.91 Å². The quantitative estimate of drug-likeness (QED) is 0.615. The number of hydrogen-bond acceptors (Lipinski definition) is 6. The molecule has 0 saturated carbocycles. The zero-order valence-electron chi connectivity index (χ0n) is 13.7. The lowest BCUT2D eigenvalue weighted by molar-refractivity contribution is -0.147. The molecule has 1 aromatic carbocycles. The first-order valence-corrected chi connectivity index (χ1v) is 8.82. The Hall–Kier alpha value is -3.00. The number of thiophene rings is 1. The molecular weight excluding hydrogens is 356 g/mol. The van der Waals surface area contributed by atoms with Crippen molar-refractivity contribution in [1.82, 2.24) is 10.4 Å². The van der Waals surface area contributed by atoms with Crippen LogP contribution in [0.1, 0.15) is 26.5 Å². The summed E-state index contributed by atoms with van der Waals surface area (Å²) in [7, 11) is 0. The summed E-state index contributed by atoms with van der Waals surface area (Å²) in [5.74, 6) is -2.43. The van der Waals surface area contributed by atoms with E-state index in [2.05, 4.69) is 5.43 Å². The molecule has 0 unspecified atom stereocenters. The first-order chi connectivity index (χ1) is 12.5. The molecule has 2 aromatic rings. The van der Waals surface area contributed by atoms with Crippen molar-refractivity contribution in [3.05, 3.63) is 58.3 Å². The third-order valence-electron chi connectivity index (χ3n) is 3.87. The Labute approximate surface area is 153 Å². The number of nitrogens with one attached hydrogen (secondary N) is 1. The lowest BCUT2D eigenvalue weighted by atomic mass is 10.1. The van der Waals surface area contributed by atoms with Crippen LogP contribution in [0.3, 0.4) is 0 Å². The van der Waals surface area contributed by atoms with Crippen molar-refractivity contribution < 1.29 is 23.9 Å². The van der Waals surface area contributed by atoms with Crippen molar-refractivity contribution in [3.8, 4) is 0 Å². The minimum atomic E-state index is -0.713. The highest BCUT2D eigenvalue weighted by molar-refractivity contribution is 7.12. The third-order valence-corrected chi connectivity index (χ3v) is 4.78. The number of rotatable bonds is 6. The van der Waals surface area contributed by atoms with E-state index in [4.69, 9.17) is 4.74 Å².